The third-order valence-electron chi connectivity index (χ3n) is 5.91. The van der Waals surface area contributed by atoms with Gasteiger partial charge in [0.05, 0.1) is 21.3 Å². The number of thioether (sulfide) groups is 1. The van der Waals surface area contributed by atoms with Crippen molar-refractivity contribution in [2.75, 3.05) is 22.5 Å². The molecule has 1 aromatic carbocycles. The Kier molecular flexibility index (Phi) is 7.19. The first-order valence-electron chi connectivity index (χ1n) is 11.1. The van der Waals surface area contributed by atoms with Crippen molar-refractivity contribution in [2.45, 2.75) is 43.7 Å². The minimum absolute atomic E-state index is 0.207. The standard InChI is InChI=1S/C24H28N4O3S2/c1-24(2,21(29)30)15-32-20-13-26-22(33-20)27-23(31)28(14-16-6-3-4-7-16)18-9-10-19-17(12-18)8-5-11-25-19/h5,8-13,16H,3-4,6-7,14-15H2,1-2H3,(H,29,30)(H,26,27,31). The molecule has 2 heterocycles. The number of nitrogens with zero attached hydrogens (tertiary/aromatic N) is 3. The number of amides is 2. The predicted molar refractivity (Wildman–Crippen MR) is 134 cm³/mol. The summed E-state index contributed by atoms with van der Waals surface area (Å²) in [4.78, 5) is 35.2. The van der Waals surface area contributed by atoms with Crippen molar-refractivity contribution >= 4 is 56.8 Å². The number of nitrogens with one attached hydrogen (secondary N) is 1. The van der Waals surface area contributed by atoms with E-state index in [0.29, 0.717) is 23.3 Å². The highest BCUT2D eigenvalue weighted by Crippen LogP contribution is 2.34. The second-order valence-electron chi connectivity index (χ2n) is 9.03. The molecule has 33 heavy (non-hydrogen) atoms. The quantitative estimate of drug-likeness (QED) is 0.374. The molecule has 2 amide bonds. The van der Waals surface area contributed by atoms with Crippen molar-refractivity contribution in [3.63, 3.8) is 0 Å². The van der Waals surface area contributed by atoms with E-state index in [-0.39, 0.29) is 6.03 Å². The third kappa shape index (κ3) is 5.83. The topological polar surface area (TPSA) is 95.4 Å². The van der Waals surface area contributed by atoms with Gasteiger partial charge < -0.3 is 5.11 Å². The molecule has 0 unspecified atom stereocenters. The van der Waals surface area contributed by atoms with E-state index in [4.69, 9.17) is 0 Å². The number of carbonyl (C=O) groups excluding carboxylic acids is 1. The number of thiazole rings is 1. The summed E-state index contributed by atoms with van der Waals surface area (Å²) in [6.45, 7) is 4.06. The van der Waals surface area contributed by atoms with Gasteiger partial charge in [-0.2, -0.15) is 0 Å². The lowest BCUT2D eigenvalue weighted by atomic mass is 9.97. The van der Waals surface area contributed by atoms with Gasteiger partial charge in [0.15, 0.2) is 5.13 Å². The van der Waals surface area contributed by atoms with Crippen LogP contribution in [0.1, 0.15) is 39.5 Å². The molecule has 1 aliphatic rings. The van der Waals surface area contributed by atoms with Crippen LogP contribution < -0.4 is 10.2 Å². The Morgan fingerprint density at radius 3 is 2.79 bits per heavy atom. The number of urea groups is 1. The van der Waals surface area contributed by atoms with Crippen molar-refractivity contribution in [3.05, 3.63) is 42.7 Å². The SMILES string of the molecule is CC(C)(CSc1cnc(NC(=O)N(CC2CCCC2)c2ccc3ncccc3c2)s1)C(=O)O. The number of carboxylic acids is 1. The first-order valence-corrected chi connectivity index (χ1v) is 12.9. The van der Waals surface area contributed by atoms with E-state index in [9.17, 15) is 14.7 Å². The summed E-state index contributed by atoms with van der Waals surface area (Å²) < 4.78 is 0.874. The third-order valence-corrected chi connectivity index (χ3v) is 8.48. The fraction of sp³-hybridized carbons (Fsp3) is 0.417. The molecule has 0 spiro atoms. The summed E-state index contributed by atoms with van der Waals surface area (Å²) in [6, 6.07) is 9.59. The highest BCUT2D eigenvalue weighted by atomic mass is 32.2. The number of pyridine rings is 1. The van der Waals surface area contributed by atoms with Gasteiger partial charge in [-0.1, -0.05) is 30.2 Å². The molecule has 4 rings (SSSR count). The van der Waals surface area contributed by atoms with Crippen LogP contribution in [0.2, 0.25) is 0 Å². The van der Waals surface area contributed by atoms with Crippen LogP contribution in [0.3, 0.4) is 0 Å². The minimum Gasteiger partial charge on any atom is -0.481 e. The lowest BCUT2D eigenvalue weighted by Crippen LogP contribution is -2.38. The average Bonchev–Trinajstić information content (AvgIpc) is 3.47. The number of hydrogen-bond acceptors (Lipinski definition) is 6. The van der Waals surface area contributed by atoms with Gasteiger partial charge in [-0.15, -0.1) is 11.8 Å². The maximum absolute atomic E-state index is 13.3. The Hall–Kier alpha value is -2.65. The van der Waals surface area contributed by atoms with Gasteiger partial charge in [-0.25, -0.2) is 9.78 Å². The predicted octanol–water partition coefficient (Wildman–Crippen LogP) is 6.12. The maximum atomic E-state index is 13.3. The van der Waals surface area contributed by atoms with Crippen LogP contribution in [0.5, 0.6) is 0 Å². The number of hydrogen-bond donors (Lipinski definition) is 2. The number of anilines is 2. The van der Waals surface area contributed by atoms with Gasteiger partial charge in [0.1, 0.15) is 0 Å². The van der Waals surface area contributed by atoms with Gasteiger partial charge in [-0.3, -0.25) is 20.0 Å². The van der Waals surface area contributed by atoms with Crippen molar-refractivity contribution in [2.24, 2.45) is 11.3 Å². The Bertz CT molecular complexity index is 1140. The van der Waals surface area contributed by atoms with Crippen LogP contribution in [-0.4, -0.2) is 39.4 Å². The van der Waals surface area contributed by atoms with E-state index in [1.165, 1.54) is 35.9 Å². The van der Waals surface area contributed by atoms with Crippen LogP contribution in [0.25, 0.3) is 10.9 Å². The Balaban J connectivity index is 1.49. The van der Waals surface area contributed by atoms with Crippen LogP contribution in [0.4, 0.5) is 15.6 Å². The monoisotopic (exact) mass is 484 g/mol. The number of fused-ring (bicyclic) bond motifs is 1. The molecule has 0 atom stereocenters. The summed E-state index contributed by atoms with van der Waals surface area (Å²) in [5.74, 6) is 0.0822. The lowest BCUT2D eigenvalue weighted by Gasteiger charge is -2.26. The number of carbonyl (C=O) groups is 2. The molecule has 2 aromatic heterocycles. The summed E-state index contributed by atoms with van der Waals surface area (Å²) >= 11 is 2.80. The van der Waals surface area contributed by atoms with Crippen molar-refractivity contribution in [1.29, 1.82) is 0 Å². The highest BCUT2D eigenvalue weighted by Gasteiger charge is 2.28. The van der Waals surface area contributed by atoms with Gasteiger partial charge in [-0.05, 0) is 56.9 Å². The van der Waals surface area contributed by atoms with Gasteiger partial charge in [0.2, 0.25) is 0 Å². The minimum atomic E-state index is -0.832. The molecule has 3 aromatic rings. The van der Waals surface area contributed by atoms with Crippen LogP contribution >= 0.6 is 23.1 Å². The second kappa shape index (κ2) is 10.1. The molecule has 0 aliphatic heterocycles. The molecule has 1 saturated carbocycles. The van der Waals surface area contributed by atoms with Gasteiger partial charge in [0.25, 0.3) is 0 Å². The van der Waals surface area contributed by atoms with E-state index >= 15 is 0 Å². The zero-order valence-corrected chi connectivity index (χ0v) is 20.4. The van der Waals surface area contributed by atoms with Gasteiger partial charge >= 0.3 is 12.0 Å². The molecular formula is C24H28N4O3S2. The molecule has 9 heteroatoms. The Labute approximate surface area is 201 Å². The maximum Gasteiger partial charge on any atom is 0.328 e. The summed E-state index contributed by atoms with van der Waals surface area (Å²) in [6.07, 6.45) is 8.14. The fourth-order valence-corrected chi connectivity index (χ4v) is 5.79. The number of aliphatic carboxylic acids is 1. The first kappa shape index (κ1) is 23.5. The number of rotatable bonds is 8. The first-order chi connectivity index (χ1) is 15.8. The molecule has 1 aliphatic carbocycles. The van der Waals surface area contributed by atoms with Crippen LogP contribution in [0, 0.1) is 11.3 Å². The smallest absolute Gasteiger partial charge is 0.328 e. The van der Waals surface area contributed by atoms with Crippen molar-refractivity contribution < 1.29 is 14.7 Å². The molecule has 7 nitrogen and oxygen atoms in total. The normalized spacial score (nSPS) is 14.5. The largest absolute Gasteiger partial charge is 0.481 e. The molecule has 1 fully saturated rings. The summed E-state index contributed by atoms with van der Waals surface area (Å²) in [5, 5.41) is 13.8. The molecule has 2 N–H and O–H groups in total. The average molecular weight is 485 g/mol. The van der Waals surface area contributed by atoms with E-state index in [0.717, 1.165) is 33.6 Å². The molecule has 0 bridgehead atoms. The lowest BCUT2D eigenvalue weighted by molar-refractivity contribution is -0.145. The molecular weight excluding hydrogens is 456 g/mol. The Morgan fingerprint density at radius 1 is 1.24 bits per heavy atom. The summed E-state index contributed by atoms with van der Waals surface area (Å²) in [7, 11) is 0. The van der Waals surface area contributed by atoms with Crippen molar-refractivity contribution in [3.8, 4) is 0 Å². The highest BCUT2D eigenvalue weighted by molar-refractivity contribution is 8.01. The Morgan fingerprint density at radius 2 is 2.03 bits per heavy atom. The van der Waals surface area contributed by atoms with E-state index in [1.54, 1.807) is 26.2 Å². The number of carboxylic acid groups (broad SMARTS) is 1. The molecule has 0 saturated heterocycles. The van der Waals surface area contributed by atoms with Gasteiger partial charge in [0, 0.05) is 29.6 Å². The fourth-order valence-electron chi connectivity index (χ4n) is 3.84. The van der Waals surface area contributed by atoms with E-state index in [2.05, 4.69) is 15.3 Å². The number of benzene rings is 1. The molecule has 174 valence electrons. The molecule has 0 radical (unpaired) electrons. The zero-order chi connectivity index (χ0) is 23.4. The zero-order valence-electron chi connectivity index (χ0n) is 18.8. The summed E-state index contributed by atoms with van der Waals surface area (Å²) in [5.41, 5.74) is 0.906. The van der Waals surface area contributed by atoms with Crippen molar-refractivity contribution in [1.82, 2.24) is 9.97 Å². The second-order valence-corrected chi connectivity index (χ2v) is 11.3. The van der Waals surface area contributed by atoms with E-state index in [1.807, 2.05) is 35.2 Å². The van der Waals surface area contributed by atoms with Crippen LogP contribution in [-0.2, 0) is 4.79 Å². The van der Waals surface area contributed by atoms with Crippen LogP contribution in [0.15, 0.2) is 46.9 Å². The van der Waals surface area contributed by atoms with E-state index < -0.39 is 11.4 Å². The number of aromatic nitrogens is 2.